The molecule has 1 amide bonds. The van der Waals surface area contributed by atoms with E-state index in [0.29, 0.717) is 49.5 Å². The highest BCUT2D eigenvalue weighted by molar-refractivity contribution is 5.92. The molecule has 9 heteroatoms. The quantitative estimate of drug-likeness (QED) is 0.593. The number of H-pyrrole nitrogens is 1. The summed E-state index contributed by atoms with van der Waals surface area (Å²) in [6.07, 6.45) is 2.49. The molecule has 172 valence electrons. The second-order valence-corrected chi connectivity index (χ2v) is 8.57. The minimum atomic E-state index is -0.679. The number of fused-ring (bicyclic) bond motifs is 3. The van der Waals surface area contributed by atoms with Crippen LogP contribution in [0.4, 0.5) is 14.5 Å². The van der Waals surface area contributed by atoms with Crippen LogP contribution in [-0.2, 0) is 19.4 Å². The lowest BCUT2D eigenvalue weighted by atomic mass is 10.0. The lowest BCUT2D eigenvalue weighted by Gasteiger charge is -2.36. The number of hydrogen-bond donors (Lipinski definition) is 2. The number of amides is 1. The molecule has 0 radical (unpaired) electrons. The maximum absolute atomic E-state index is 15.3. The van der Waals surface area contributed by atoms with E-state index < -0.39 is 11.9 Å². The third-order valence-corrected chi connectivity index (χ3v) is 6.67. The van der Waals surface area contributed by atoms with Gasteiger partial charge in [-0.2, -0.15) is 4.39 Å². The van der Waals surface area contributed by atoms with Crippen LogP contribution in [0, 0.1) is 11.8 Å². The topological polar surface area (TPSA) is 81.3 Å². The molecule has 0 saturated carbocycles. The zero-order valence-electron chi connectivity index (χ0n) is 18.4. The highest BCUT2D eigenvalue weighted by atomic mass is 19.1. The van der Waals surface area contributed by atoms with Crippen molar-refractivity contribution >= 4 is 22.5 Å². The minimum absolute atomic E-state index is 0.0350. The maximum atomic E-state index is 15.3. The summed E-state index contributed by atoms with van der Waals surface area (Å²) in [6.45, 7) is 2.75. The van der Waals surface area contributed by atoms with E-state index in [4.69, 9.17) is 0 Å². The molecule has 1 aliphatic carbocycles. The number of halogens is 2. The van der Waals surface area contributed by atoms with Gasteiger partial charge in [-0.05, 0) is 37.0 Å². The fourth-order valence-corrected chi connectivity index (χ4v) is 4.90. The number of benzene rings is 1. The molecular formula is C24H25F2N5O2. The second-order valence-electron chi connectivity index (χ2n) is 8.57. The van der Waals surface area contributed by atoms with Gasteiger partial charge in [0, 0.05) is 56.3 Å². The molecule has 2 N–H and O–H groups in total. The Kier molecular flexibility index (Phi) is 5.57. The normalized spacial score (nSPS) is 16.3. The van der Waals surface area contributed by atoms with E-state index in [9.17, 15) is 14.0 Å². The number of pyridine rings is 2. The number of anilines is 1. The summed E-state index contributed by atoms with van der Waals surface area (Å²) in [5.74, 6) is -1.49. The summed E-state index contributed by atoms with van der Waals surface area (Å²) in [4.78, 5) is 34.5. The zero-order chi connectivity index (χ0) is 23.1. The largest absolute Gasteiger partial charge is 0.365 e. The second kappa shape index (κ2) is 8.55. The van der Waals surface area contributed by atoms with Gasteiger partial charge >= 0.3 is 0 Å². The first kappa shape index (κ1) is 21.5. The van der Waals surface area contributed by atoms with Gasteiger partial charge < -0.3 is 15.2 Å². The van der Waals surface area contributed by atoms with Gasteiger partial charge in [0.05, 0.1) is 11.2 Å². The van der Waals surface area contributed by atoms with Crippen LogP contribution in [0.15, 0.2) is 29.1 Å². The smallest absolute Gasteiger partial charge is 0.269 e. The van der Waals surface area contributed by atoms with E-state index in [0.717, 1.165) is 35.8 Å². The first-order valence-corrected chi connectivity index (χ1v) is 11.2. The number of nitrogens with zero attached hydrogens (tertiary/aromatic N) is 3. The maximum Gasteiger partial charge on any atom is 0.269 e. The first-order valence-electron chi connectivity index (χ1n) is 11.2. The van der Waals surface area contributed by atoms with Crippen LogP contribution >= 0.6 is 0 Å². The van der Waals surface area contributed by atoms with Crippen molar-refractivity contribution in [3.8, 4) is 0 Å². The van der Waals surface area contributed by atoms with E-state index in [1.807, 2.05) is 17.0 Å². The Labute approximate surface area is 189 Å². The van der Waals surface area contributed by atoms with Gasteiger partial charge in [-0.3, -0.25) is 14.5 Å². The molecule has 1 fully saturated rings. The highest BCUT2D eigenvalue weighted by Gasteiger charge is 2.24. The van der Waals surface area contributed by atoms with Crippen molar-refractivity contribution in [2.75, 3.05) is 38.1 Å². The molecule has 3 aromatic rings. The van der Waals surface area contributed by atoms with Gasteiger partial charge in [-0.1, -0.05) is 12.1 Å². The summed E-state index contributed by atoms with van der Waals surface area (Å²) in [6, 6.07) is 6.80. The van der Waals surface area contributed by atoms with Gasteiger partial charge in [-0.25, -0.2) is 9.37 Å². The van der Waals surface area contributed by atoms with Gasteiger partial charge in [0.1, 0.15) is 5.69 Å². The molecule has 3 heterocycles. The summed E-state index contributed by atoms with van der Waals surface area (Å²) in [7, 11) is 1.47. The predicted molar refractivity (Wildman–Crippen MR) is 122 cm³/mol. The predicted octanol–water partition coefficient (Wildman–Crippen LogP) is 2.37. The lowest BCUT2D eigenvalue weighted by Crippen LogP contribution is -2.46. The average molecular weight is 453 g/mol. The van der Waals surface area contributed by atoms with Crippen LogP contribution in [0.2, 0.25) is 0 Å². The summed E-state index contributed by atoms with van der Waals surface area (Å²) < 4.78 is 29.8. The number of nitrogens with one attached hydrogen (secondary N) is 2. The zero-order valence-corrected chi connectivity index (χ0v) is 18.4. The number of hydrogen-bond acceptors (Lipinski definition) is 5. The highest BCUT2D eigenvalue weighted by Crippen LogP contribution is 2.29. The van der Waals surface area contributed by atoms with Gasteiger partial charge in [0.15, 0.2) is 5.82 Å². The summed E-state index contributed by atoms with van der Waals surface area (Å²) >= 11 is 0. The molecule has 1 aliphatic heterocycles. The molecule has 1 saturated heterocycles. The third kappa shape index (κ3) is 3.86. The number of aromatic amines is 1. The van der Waals surface area contributed by atoms with Crippen molar-refractivity contribution in [1.82, 2.24) is 20.2 Å². The molecule has 1 aromatic carbocycles. The van der Waals surface area contributed by atoms with Gasteiger partial charge in [-0.15, -0.1) is 0 Å². The molecule has 0 atom stereocenters. The molecular weight excluding hydrogens is 428 g/mol. The van der Waals surface area contributed by atoms with E-state index in [1.54, 1.807) is 6.07 Å². The van der Waals surface area contributed by atoms with Crippen molar-refractivity contribution in [1.29, 1.82) is 0 Å². The van der Waals surface area contributed by atoms with Gasteiger partial charge in [0.2, 0.25) is 5.95 Å². The van der Waals surface area contributed by atoms with Crippen molar-refractivity contribution in [2.45, 2.75) is 25.8 Å². The Morgan fingerprint density at radius 3 is 2.58 bits per heavy atom. The van der Waals surface area contributed by atoms with E-state index in [-0.39, 0.29) is 17.1 Å². The number of aromatic nitrogens is 2. The Morgan fingerprint density at radius 1 is 1.09 bits per heavy atom. The molecule has 0 unspecified atom stereocenters. The molecule has 0 bridgehead atoms. The van der Waals surface area contributed by atoms with E-state index in [1.165, 1.54) is 13.1 Å². The number of carbonyl (C=O) groups is 1. The lowest BCUT2D eigenvalue weighted by molar-refractivity contribution is 0.0957. The van der Waals surface area contributed by atoms with Crippen LogP contribution in [0.3, 0.4) is 0 Å². The van der Waals surface area contributed by atoms with Crippen molar-refractivity contribution in [3.05, 3.63) is 68.8 Å². The average Bonchev–Trinajstić information content (AvgIpc) is 3.32. The molecule has 2 aliphatic rings. The first-order chi connectivity index (χ1) is 16.0. The Morgan fingerprint density at radius 2 is 1.85 bits per heavy atom. The van der Waals surface area contributed by atoms with Gasteiger partial charge in [0.25, 0.3) is 11.5 Å². The van der Waals surface area contributed by atoms with E-state index in [2.05, 4.69) is 20.2 Å². The SMILES string of the molecule is CNC(=O)c1ccc(N2CCN(Cc3ccc4c5c(c(=O)[nH]c4c3F)CCC5)CC2)c(F)n1. The standard InChI is InChI=1S/C24H25F2N5O2/c1-27-24(33)18-7-8-19(22(26)28-18)31-11-9-30(10-12-31)13-14-5-6-16-15-3-2-4-17(15)23(32)29-21(16)20(14)25/h5-8H,2-4,9-13H2,1H3,(H,27,33)(H,29,32). The molecule has 2 aromatic heterocycles. The van der Waals surface area contributed by atoms with Crippen molar-refractivity contribution in [2.24, 2.45) is 0 Å². The van der Waals surface area contributed by atoms with Crippen molar-refractivity contribution in [3.63, 3.8) is 0 Å². The van der Waals surface area contributed by atoms with Crippen LogP contribution in [0.25, 0.3) is 10.9 Å². The fourth-order valence-electron chi connectivity index (χ4n) is 4.90. The third-order valence-electron chi connectivity index (χ3n) is 6.67. The summed E-state index contributed by atoms with van der Waals surface area (Å²) in [5, 5.41) is 3.23. The molecule has 33 heavy (non-hydrogen) atoms. The fraction of sp³-hybridized carbons (Fsp3) is 0.375. The molecule has 7 nitrogen and oxygen atoms in total. The van der Waals surface area contributed by atoms with E-state index >= 15 is 4.39 Å². The minimum Gasteiger partial charge on any atom is -0.365 e. The van der Waals surface area contributed by atoms with Crippen LogP contribution in [0.5, 0.6) is 0 Å². The molecule has 5 rings (SSSR count). The Hall–Kier alpha value is -3.33. The number of piperazine rings is 1. The number of carbonyl (C=O) groups excluding carboxylic acids is 1. The van der Waals surface area contributed by atoms with Crippen LogP contribution < -0.4 is 15.8 Å². The van der Waals surface area contributed by atoms with Crippen molar-refractivity contribution < 1.29 is 13.6 Å². The summed E-state index contributed by atoms with van der Waals surface area (Å²) in [5.41, 5.74) is 2.80. The molecule has 0 spiro atoms. The Balaban J connectivity index is 1.30. The van der Waals surface area contributed by atoms with Crippen LogP contribution in [0.1, 0.15) is 33.6 Å². The number of rotatable bonds is 4. The number of aryl methyl sites for hydroxylation is 1. The van der Waals surface area contributed by atoms with Crippen LogP contribution in [-0.4, -0.2) is 54.0 Å². The Bertz CT molecular complexity index is 1300. The monoisotopic (exact) mass is 453 g/mol.